The van der Waals surface area contributed by atoms with Gasteiger partial charge >= 0.3 is 0 Å². The van der Waals surface area contributed by atoms with Gasteiger partial charge in [-0.05, 0) is 37.3 Å². The van der Waals surface area contributed by atoms with Gasteiger partial charge in [0.05, 0.1) is 36.6 Å². The van der Waals surface area contributed by atoms with Gasteiger partial charge in [0.2, 0.25) is 0 Å². The zero-order chi connectivity index (χ0) is 20.5. The maximum atomic E-state index is 12.4. The van der Waals surface area contributed by atoms with Crippen molar-refractivity contribution in [2.45, 2.75) is 6.92 Å². The number of para-hydroxylation sites is 1. The van der Waals surface area contributed by atoms with Crippen LogP contribution in [-0.4, -0.2) is 35.0 Å². The van der Waals surface area contributed by atoms with E-state index < -0.39 is 5.91 Å². The lowest BCUT2D eigenvalue weighted by molar-refractivity contribution is 0.0950. The van der Waals surface area contributed by atoms with Crippen molar-refractivity contribution >= 4 is 29.8 Å². The van der Waals surface area contributed by atoms with Crippen molar-refractivity contribution in [3.8, 4) is 17.0 Å². The molecule has 2 N–H and O–H groups in total. The lowest BCUT2D eigenvalue weighted by Gasteiger charge is -2.06. The van der Waals surface area contributed by atoms with Crippen molar-refractivity contribution in [2.75, 3.05) is 17.6 Å². The molecule has 0 bridgehead atoms. The molecule has 8 heteroatoms. The summed E-state index contributed by atoms with van der Waals surface area (Å²) in [5, 5.41) is 4.04. The van der Waals surface area contributed by atoms with Crippen molar-refractivity contribution in [2.24, 2.45) is 5.10 Å². The molecular weight excluding hydrogens is 386 g/mol. The van der Waals surface area contributed by atoms with Gasteiger partial charge in [-0.3, -0.25) is 9.78 Å². The molecular formula is C21H21N5O2S. The van der Waals surface area contributed by atoms with Crippen molar-refractivity contribution in [3.63, 3.8) is 0 Å². The number of ether oxygens (including phenoxy) is 1. The smallest absolute Gasteiger partial charge is 0.291 e. The molecule has 0 saturated heterocycles. The largest absolute Gasteiger partial charge is 0.494 e. The van der Waals surface area contributed by atoms with Gasteiger partial charge in [-0.15, -0.1) is 0 Å². The maximum Gasteiger partial charge on any atom is 0.291 e. The van der Waals surface area contributed by atoms with Crippen molar-refractivity contribution in [3.05, 3.63) is 72.2 Å². The van der Waals surface area contributed by atoms with Crippen molar-refractivity contribution in [1.29, 1.82) is 0 Å². The van der Waals surface area contributed by atoms with Crippen LogP contribution in [0.4, 0.5) is 5.69 Å². The molecule has 0 aliphatic heterocycles. The summed E-state index contributed by atoms with van der Waals surface area (Å²) in [6.07, 6.45) is 6.54. The van der Waals surface area contributed by atoms with E-state index in [9.17, 15) is 4.79 Å². The van der Waals surface area contributed by atoms with E-state index >= 15 is 0 Å². The Bertz CT molecular complexity index is 992. The van der Waals surface area contributed by atoms with E-state index in [4.69, 9.17) is 4.74 Å². The number of benzene rings is 2. The molecule has 1 aromatic heterocycles. The van der Waals surface area contributed by atoms with Crippen LogP contribution in [0.15, 0.2) is 66.0 Å². The minimum atomic E-state index is -0.433. The van der Waals surface area contributed by atoms with Crippen molar-refractivity contribution < 1.29 is 9.53 Å². The molecule has 0 spiro atoms. The monoisotopic (exact) mass is 407 g/mol. The van der Waals surface area contributed by atoms with E-state index in [2.05, 4.69) is 25.2 Å². The van der Waals surface area contributed by atoms with E-state index in [0.29, 0.717) is 12.3 Å². The Balaban J connectivity index is 1.69. The van der Waals surface area contributed by atoms with Crippen LogP contribution in [0.25, 0.3) is 11.3 Å². The summed E-state index contributed by atoms with van der Waals surface area (Å²) in [5.74, 6) is 0.348. The van der Waals surface area contributed by atoms with Crippen LogP contribution in [0.1, 0.15) is 23.0 Å². The number of aromatic nitrogens is 2. The van der Waals surface area contributed by atoms with Gasteiger partial charge in [0.1, 0.15) is 11.4 Å². The number of rotatable bonds is 8. The van der Waals surface area contributed by atoms with E-state index in [0.717, 1.165) is 22.6 Å². The highest BCUT2D eigenvalue weighted by Gasteiger charge is 2.09. The minimum absolute atomic E-state index is 0.184. The fourth-order valence-electron chi connectivity index (χ4n) is 2.53. The van der Waals surface area contributed by atoms with Crippen LogP contribution >= 0.6 is 11.9 Å². The second-order valence-electron chi connectivity index (χ2n) is 5.84. The quantitative estimate of drug-likeness (QED) is 0.333. The zero-order valence-electron chi connectivity index (χ0n) is 16.1. The Labute approximate surface area is 173 Å². The van der Waals surface area contributed by atoms with Gasteiger partial charge in [0.25, 0.3) is 5.91 Å². The molecule has 29 heavy (non-hydrogen) atoms. The Morgan fingerprint density at radius 2 is 1.97 bits per heavy atom. The predicted molar refractivity (Wildman–Crippen MR) is 117 cm³/mol. The number of amides is 1. The third-order valence-corrected chi connectivity index (χ3v) is 4.29. The number of hydrogen-bond donors (Lipinski definition) is 2. The Kier molecular flexibility index (Phi) is 7.18. The van der Waals surface area contributed by atoms with Crippen molar-refractivity contribution in [1.82, 2.24) is 15.4 Å². The maximum absolute atomic E-state index is 12.4. The summed E-state index contributed by atoms with van der Waals surface area (Å²) in [5.41, 5.74) is 5.89. The second-order valence-corrected chi connectivity index (χ2v) is 6.45. The molecule has 0 atom stereocenters. The number of carbonyl (C=O) groups excluding carboxylic acids is 1. The molecule has 0 radical (unpaired) electrons. The molecule has 3 rings (SSSR count). The first-order valence-electron chi connectivity index (χ1n) is 8.98. The molecule has 1 amide bonds. The summed E-state index contributed by atoms with van der Waals surface area (Å²) in [7, 11) is 0. The summed E-state index contributed by atoms with van der Waals surface area (Å²) in [6.45, 7) is 2.54. The molecule has 0 aliphatic rings. The zero-order valence-corrected chi connectivity index (χ0v) is 16.9. The molecule has 2 aromatic carbocycles. The molecule has 0 fully saturated rings. The highest BCUT2D eigenvalue weighted by Crippen LogP contribution is 2.20. The van der Waals surface area contributed by atoms with Gasteiger partial charge in [0.15, 0.2) is 0 Å². The Hall–Kier alpha value is -3.39. The molecule has 0 unspecified atom stereocenters. The van der Waals surface area contributed by atoms with E-state index in [1.165, 1.54) is 18.1 Å². The first kappa shape index (κ1) is 20.3. The average Bonchev–Trinajstić information content (AvgIpc) is 2.76. The third kappa shape index (κ3) is 5.55. The van der Waals surface area contributed by atoms with Gasteiger partial charge in [-0.2, -0.15) is 5.10 Å². The molecule has 7 nitrogen and oxygen atoms in total. The first-order valence-corrected chi connectivity index (χ1v) is 10.2. The van der Waals surface area contributed by atoms with Gasteiger partial charge in [-0.25, -0.2) is 10.4 Å². The summed E-state index contributed by atoms with van der Waals surface area (Å²) >= 11 is 1.48. The standard InChI is InChI=1S/C21H21N5O2S/c1-3-28-17-10-8-15(9-11-17)19-13-22-14-20(24-19)21(27)25-23-12-16-6-4-5-7-18(16)26-29-2/h4-14,26H,3H2,1-2H3,(H,25,27)/b23-12+. The molecule has 148 valence electrons. The number of anilines is 1. The van der Waals surface area contributed by atoms with Crippen LogP contribution in [-0.2, 0) is 0 Å². The molecule has 3 aromatic rings. The minimum Gasteiger partial charge on any atom is -0.494 e. The van der Waals surface area contributed by atoms with Crippen LogP contribution in [0.2, 0.25) is 0 Å². The normalized spacial score (nSPS) is 10.7. The number of hydrogen-bond acceptors (Lipinski definition) is 7. The van der Waals surface area contributed by atoms with E-state index in [1.54, 1.807) is 12.4 Å². The fraction of sp³-hybridized carbons (Fsp3) is 0.143. The van der Waals surface area contributed by atoms with Gasteiger partial charge in [-0.1, -0.05) is 30.1 Å². The van der Waals surface area contributed by atoms with Crippen LogP contribution in [0.3, 0.4) is 0 Å². The average molecular weight is 407 g/mol. The van der Waals surface area contributed by atoms with Gasteiger partial charge < -0.3 is 9.46 Å². The fourth-order valence-corrected chi connectivity index (χ4v) is 2.94. The Morgan fingerprint density at radius 1 is 1.17 bits per heavy atom. The lowest BCUT2D eigenvalue weighted by Crippen LogP contribution is -2.19. The van der Waals surface area contributed by atoms with Crippen LogP contribution < -0.4 is 14.9 Å². The lowest BCUT2D eigenvalue weighted by atomic mass is 10.1. The Morgan fingerprint density at radius 3 is 2.72 bits per heavy atom. The third-order valence-electron chi connectivity index (χ3n) is 3.87. The topological polar surface area (TPSA) is 88.5 Å². The van der Waals surface area contributed by atoms with E-state index in [1.807, 2.05) is 61.7 Å². The number of nitrogens with zero attached hydrogens (tertiary/aromatic N) is 3. The number of carbonyl (C=O) groups is 1. The van der Waals surface area contributed by atoms with E-state index in [-0.39, 0.29) is 5.69 Å². The highest BCUT2D eigenvalue weighted by atomic mass is 32.2. The summed E-state index contributed by atoms with van der Waals surface area (Å²) < 4.78 is 8.61. The first-order chi connectivity index (χ1) is 14.2. The highest BCUT2D eigenvalue weighted by molar-refractivity contribution is 7.99. The van der Waals surface area contributed by atoms with Crippen LogP contribution in [0.5, 0.6) is 5.75 Å². The SMILES string of the molecule is CCOc1ccc(-c2cncc(C(=O)N/N=C/c3ccccc3NSC)n2)cc1. The second kappa shape index (κ2) is 10.2. The predicted octanol–water partition coefficient (Wildman–Crippen LogP) is 4.00. The molecule has 0 saturated carbocycles. The number of hydrazone groups is 1. The van der Waals surface area contributed by atoms with Crippen LogP contribution in [0, 0.1) is 0 Å². The summed E-state index contributed by atoms with van der Waals surface area (Å²) in [6, 6.07) is 15.1. The number of nitrogens with one attached hydrogen (secondary N) is 2. The van der Waals surface area contributed by atoms with Gasteiger partial charge in [0, 0.05) is 17.4 Å². The summed E-state index contributed by atoms with van der Waals surface area (Å²) in [4.78, 5) is 20.9. The molecule has 0 aliphatic carbocycles. The molecule has 1 heterocycles.